The SMILES string of the molecule is CCCCCCCCCCCCCCCCCCCCCCCC(=O)OC(CC)CCCCCCCCCCC(=O)O. The van der Waals surface area contributed by atoms with Gasteiger partial charge in [0.1, 0.15) is 6.10 Å². The van der Waals surface area contributed by atoms with Gasteiger partial charge >= 0.3 is 11.9 Å². The third-order valence-electron chi connectivity index (χ3n) is 8.90. The smallest absolute Gasteiger partial charge is 0.306 e. The summed E-state index contributed by atoms with van der Waals surface area (Å²) in [5, 5.41) is 8.66. The molecule has 0 spiro atoms. The topological polar surface area (TPSA) is 63.6 Å². The van der Waals surface area contributed by atoms with Gasteiger partial charge in [0.2, 0.25) is 0 Å². The molecule has 0 saturated heterocycles. The minimum atomic E-state index is -0.683. The van der Waals surface area contributed by atoms with E-state index in [9.17, 15) is 9.59 Å². The average Bonchev–Trinajstić information content (AvgIpc) is 2.98. The molecular formula is C38H74O4. The number of carbonyl (C=O) groups is 2. The number of aliphatic carboxylic acids is 1. The van der Waals surface area contributed by atoms with Crippen molar-refractivity contribution in [1.82, 2.24) is 0 Å². The van der Waals surface area contributed by atoms with Gasteiger partial charge in [-0.15, -0.1) is 0 Å². The van der Waals surface area contributed by atoms with Gasteiger partial charge in [0.05, 0.1) is 0 Å². The summed E-state index contributed by atoms with van der Waals surface area (Å²) in [4.78, 5) is 22.8. The molecular weight excluding hydrogens is 520 g/mol. The fraction of sp³-hybridized carbons (Fsp3) is 0.947. The van der Waals surface area contributed by atoms with Crippen molar-refractivity contribution in [3.8, 4) is 0 Å². The largest absolute Gasteiger partial charge is 0.481 e. The Bertz CT molecular complexity index is 561. The van der Waals surface area contributed by atoms with E-state index in [0.29, 0.717) is 12.8 Å². The molecule has 0 radical (unpaired) electrons. The molecule has 4 heteroatoms. The number of carboxylic acids is 1. The van der Waals surface area contributed by atoms with Crippen LogP contribution in [0.5, 0.6) is 0 Å². The van der Waals surface area contributed by atoms with E-state index < -0.39 is 5.97 Å². The molecule has 0 heterocycles. The lowest BCUT2D eigenvalue weighted by Gasteiger charge is -2.16. The minimum Gasteiger partial charge on any atom is -0.481 e. The molecule has 1 unspecified atom stereocenters. The van der Waals surface area contributed by atoms with Crippen molar-refractivity contribution in [2.75, 3.05) is 0 Å². The zero-order valence-electron chi connectivity index (χ0n) is 28.6. The lowest BCUT2D eigenvalue weighted by Crippen LogP contribution is -2.17. The minimum absolute atomic E-state index is 0.000940. The molecule has 0 amide bonds. The highest BCUT2D eigenvalue weighted by atomic mass is 16.5. The number of rotatable bonds is 35. The molecule has 42 heavy (non-hydrogen) atoms. The van der Waals surface area contributed by atoms with E-state index in [1.807, 2.05) is 0 Å². The average molecular weight is 595 g/mol. The van der Waals surface area contributed by atoms with E-state index in [4.69, 9.17) is 9.84 Å². The van der Waals surface area contributed by atoms with Crippen LogP contribution in [0.1, 0.15) is 226 Å². The highest BCUT2D eigenvalue weighted by Gasteiger charge is 2.12. The summed E-state index contributed by atoms with van der Waals surface area (Å²) in [5.74, 6) is -0.682. The van der Waals surface area contributed by atoms with Crippen LogP contribution in [0.3, 0.4) is 0 Å². The Morgan fingerprint density at radius 2 is 0.762 bits per heavy atom. The third-order valence-corrected chi connectivity index (χ3v) is 8.90. The van der Waals surface area contributed by atoms with Crippen LogP contribution < -0.4 is 0 Å². The van der Waals surface area contributed by atoms with Crippen molar-refractivity contribution in [3.63, 3.8) is 0 Å². The van der Waals surface area contributed by atoms with Gasteiger partial charge in [-0.05, 0) is 32.1 Å². The Morgan fingerprint density at radius 1 is 0.452 bits per heavy atom. The van der Waals surface area contributed by atoms with E-state index in [0.717, 1.165) is 51.4 Å². The molecule has 0 aliphatic heterocycles. The van der Waals surface area contributed by atoms with Gasteiger partial charge in [0.15, 0.2) is 0 Å². The van der Waals surface area contributed by atoms with Crippen molar-refractivity contribution in [2.45, 2.75) is 232 Å². The van der Waals surface area contributed by atoms with Crippen molar-refractivity contribution < 1.29 is 19.4 Å². The standard InChI is InChI=1S/C38H74O4/c1-3-5-6-7-8-9-10-11-12-13-14-15-16-17-18-19-20-21-26-29-32-35-38(41)42-36(4-2)33-30-27-24-22-23-25-28-31-34-37(39)40/h36H,3-35H2,1-2H3,(H,39,40). The molecule has 0 bridgehead atoms. The van der Waals surface area contributed by atoms with Crippen LogP contribution in [0.2, 0.25) is 0 Å². The lowest BCUT2D eigenvalue weighted by atomic mass is 10.0. The maximum absolute atomic E-state index is 12.3. The second-order valence-electron chi connectivity index (χ2n) is 13.1. The van der Waals surface area contributed by atoms with E-state index in [2.05, 4.69) is 13.8 Å². The maximum atomic E-state index is 12.3. The van der Waals surface area contributed by atoms with Gasteiger partial charge in [-0.2, -0.15) is 0 Å². The van der Waals surface area contributed by atoms with Gasteiger partial charge in [-0.25, -0.2) is 0 Å². The van der Waals surface area contributed by atoms with E-state index in [1.165, 1.54) is 148 Å². The molecule has 0 rings (SSSR count). The van der Waals surface area contributed by atoms with Crippen molar-refractivity contribution in [2.24, 2.45) is 0 Å². The highest BCUT2D eigenvalue weighted by Crippen LogP contribution is 2.17. The molecule has 0 saturated carbocycles. The van der Waals surface area contributed by atoms with Crippen molar-refractivity contribution >= 4 is 11.9 Å². The summed E-state index contributed by atoms with van der Waals surface area (Å²) in [6.07, 6.45) is 40.8. The Morgan fingerprint density at radius 3 is 1.10 bits per heavy atom. The molecule has 0 aromatic carbocycles. The molecule has 0 aromatic rings. The second kappa shape index (κ2) is 34.4. The Labute approximate surface area is 262 Å². The van der Waals surface area contributed by atoms with Gasteiger partial charge in [0, 0.05) is 12.8 Å². The summed E-state index contributed by atoms with van der Waals surface area (Å²) < 4.78 is 5.75. The molecule has 0 fully saturated rings. The monoisotopic (exact) mass is 595 g/mol. The summed E-state index contributed by atoms with van der Waals surface area (Å²) in [7, 11) is 0. The number of hydrogen-bond acceptors (Lipinski definition) is 3. The fourth-order valence-corrected chi connectivity index (χ4v) is 6.00. The van der Waals surface area contributed by atoms with Crippen LogP contribution in [0.15, 0.2) is 0 Å². The first-order valence-corrected chi connectivity index (χ1v) is 19.0. The van der Waals surface area contributed by atoms with Gasteiger partial charge in [-0.1, -0.05) is 181 Å². The Hall–Kier alpha value is -1.06. The van der Waals surface area contributed by atoms with E-state index in [1.54, 1.807) is 0 Å². The van der Waals surface area contributed by atoms with Crippen LogP contribution in [0, 0.1) is 0 Å². The van der Waals surface area contributed by atoms with Crippen LogP contribution in [0.25, 0.3) is 0 Å². The second-order valence-corrected chi connectivity index (χ2v) is 13.1. The fourth-order valence-electron chi connectivity index (χ4n) is 6.00. The molecule has 1 atom stereocenters. The molecule has 1 N–H and O–H groups in total. The van der Waals surface area contributed by atoms with Crippen LogP contribution in [-0.2, 0) is 14.3 Å². The van der Waals surface area contributed by atoms with Crippen molar-refractivity contribution in [1.29, 1.82) is 0 Å². The molecule has 0 aliphatic rings. The zero-order chi connectivity index (χ0) is 30.8. The number of carboxylic acid groups (broad SMARTS) is 1. The first kappa shape index (κ1) is 40.9. The van der Waals surface area contributed by atoms with Gasteiger partial charge in [-0.3, -0.25) is 9.59 Å². The number of carbonyl (C=O) groups excluding carboxylic acids is 1. The molecule has 0 aliphatic carbocycles. The maximum Gasteiger partial charge on any atom is 0.306 e. The van der Waals surface area contributed by atoms with Crippen molar-refractivity contribution in [3.05, 3.63) is 0 Å². The number of esters is 1. The van der Waals surface area contributed by atoms with Crippen LogP contribution in [0.4, 0.5) is 0 Å². The Kier molecular flexibility index (Phi) is 33.6. The van der Waals surface area contributed by atoms with Crippen LogP contribution >= 0.6 is 0 Å². The first-order valence-electron chi connectivity index (χ1n) is 19.0. The molecule has 0 aromatic heterocycles. The Balaban J connectivity index is 3.35. The molecule has 250 valence electrons. The van der Waals surface area contributed by atoms with Gasteiger partial charge in [0.25, 0.3) is 0 Å². The predicted molar refractivity (Wildman–Crippen MR) is 181 cm³/mol. The quantitative estimate of drug-likeness (QED) is 0.0585. The number of ether oxygens (including phenoxy) is 1. The lowest BCUT2D eigenvalue weighted by molar-refractivity contribution is -0.149. The third kappa shape index (κ3) is 33.4. The van der Waals surface area contributed by atoms with Crippen LogP contribution in [-0.4, -0.2) is 23.1 Å². The zero-order valence-corrected chi connectivity index (χ0v) is 28.6. The number of hydrogen-bond donors (Lipinski definition) is 1. The van der Waals surface area contributed by atoms with E-state index >= 15 is 0 Å². The van der Waals surface area contributed by atoms with E-state index in [-0.39, 0.29) is 12.1 Å². The normalized spacial score (nSPS) is 12.0. The number of unbranched alkanes of at least 4 members (excludes halogenated alkanes) is 27. The van der Waals surface area contributed by atoms with Gasteiger partial charge < -0.3 is 9.84 Å². The molecule has 4 nitrogen and oxygen atoms in total. The summed E-state index contributed by atoms with van der Waals surface area (Å²) >= 11 is 0. The first-order chi connectivity index (χ1) is 20.6. The highest BCUT2D eigenvalue weighted by molar-refractivity contribution is 5.69. The summed E-state index contributed by atoms with van der Waals surface area (Å²) in [6.45, 7) is 4.41. The summed E-state index contributed by atoms with van der Waals surface area (Å²) in [6, 6.07) is 0. The summed E-state index contributed by atoms with van der Waals surface area (Å²) in [5.41, 5.74) is 0. The predicted octanol–water partition coefficient (Wildman–Crippen LogP) is 12.9.